The van der Waals surface area contributed by atoms with Crippen molar-refractivity contribution >= 4 is 69.1 Å². The number of nitrogens with one attached hydrogen (secondary N) is 1. The van der Waals surface area contributed by atoms with Gasteiger partial charge in [0.2, 0.25) is 0 Å². The van der Waals surface area contributed by atoms with Crippen LogP contribution < -0.4 is 21.1 Å². The monoisotopic (exact) mass is 858 g/mol. The van der Waals surface area contributed by atoms with Gasteiger partial charge in [-0.2, -0.15) is 17.5 Å². The van der Waals surface area contributed by atoms with Gasteiger partial charge >= 0.3 is 35.5 Å². The molecule has 0 saturated carbocycles. The molecule has 7 atom stereocenters. The second-order valence-electron chi connectivity index (χ2n) is 11.3. The summed E-state index contributed by atoms with van der Waals surface area (Å²) in [6.45, 7) is 0.767. The maximum atomic E-state index is 13.2. The first-order chi connectivity index (χ1) is 25.7. The zero-order valence-corrected chi connectivity index (χ0v) is 31.7. The number of halogens is 3. The van der Waals surface area contributed by atoms with Gasteiger partial charge < -0.3 is 39.7 Å². The minimum atomic E-state index is -5.87. The molecule has 7 N–H and O–H groups in total. The number of amides is 1. The number of hydrogen-bond donors (Lipinski definition) is 6. The van der Waals surface area contributed by atoms with E-state index in [-0.39, 0.29) is 33.6 Å². The fourth-order valence-corrected chi connectivity index (χ4v) is 9.61. The second kappa shape index (κ2) is 16.8. The first-order valence-corrected chi connectivity index (χ1v) is 21.1. The molecule has 5 rings (SSSR count). The van der Waals surface area contributed by atoms with Crippen LogP contribution in [0.4, 0.5) is 29.5 Å². The molecule has 300 valence electrons. The van der Waals surface area contributed by atoms with E-state index in [1.807, 2.05) is 6.92 Å². The Kier molecular flexibility index (Phi) is 13.0. The number of aliphatic hydroxyl groups is 1. The van der Waals surface area contributed by atoms with E-state index in [2.05, 4.69) is 28.9 Å². The summed E-state index contributed by atoms with van der Waals surface area (Å²) in [6, 6.07) is 7.99. The molecule has 5 unspecified atom stereocenters. The van der Waals surface area contributed by atoms with E-state index in [0.717, 1.165) is 43.1 Å². The minimum absolute atomic E-state index is 0.0311. The lowest BCUT2D eigenvalue weighted by Crippen LogP contribution is -2.39. The Morgan fingerprint density at radius 2 is 1.78 bits per heavy atom. The number of alkyl halides is 3. The van der Waals surface area contributed by atoms with Gasteiger partial charge in [-0.15, -0.1) is 0 Å². The molecule has 1 aliphatic rings. The van der Waals surface area contributed by atoms with Gasteiger partial charge in [0, 0.05) is 11.4 Å². The van der Waals surface area contributed by atoms with Crippen molar-refractivity contribution in [2.75, 3.05) is 30.5 Å². The number of carbonyl (C=O) groups excluding carboxylic acids is 1. The van der Waals surface area contributed by atoms with Crippen LogP contribution in [0.25, 0.3) is 11.2 Å². The number of nitrogen functional groups attached to an aromatic ring is 1. The third-order valence-corrected chi connectivity index (χ3v) is 13.2. The largest absolute Gasteiger partial charge is 0.497 e. The summed E-state index contributed by atoms with van der Waals surface area (Å²) in [5.74, 6) is 0.841. The number of anilines is 2. The van der Waals surface area contributed by atoms with Gasteiger partial charge in [0.1, 0.15) is 23.5 Å². The number of aromatic nitrogens is 4. The van der Waals surface area contributed by atoms with Crippen molar-refractivity contribution < 1.29 is 78.8 Å². The van der Waals surface area contributed by atoms with Crippen molar-refractivity contribution in [1.29, 1.82) is 0 Å². The Bertz CT molecular complexity index is 2170. The van der Waals surface area contributed by atoms with Crippen LogP contribution >= 0.6 is 35.0 Å². The van der Waals surface area contributed by atoms with Gasteiger partial charge in [-0.25, -0.2) is 33.2 Å². The number of rotatable bonds is 15. The lowest BCUT2D eigenvalue weighted by Gasteiger charge is -2.22. The van der Waals surface area contributed by atoms with Crippen LogP contribution in [0.1, 0.15) is 25.1 Å². The normalized spacial score (nSPS) is 22.1. The number of thioether (sulfide) groups is 1. The van der Waals surface area contributed by atoms with E-state index in [9.17, 15) is 51.4 Å². The maximum Gasteiger partial charge on any atom is 0.488 e. The zero-order valence-electron chi connectivity index (χ0n) is 28.2. The number of phosphoric ester groups is 1. The summed E-state index contributed by atoms with van der Waals surface area (Å²) in [4.78, 5) is 56.3. The van der Waals surface area contributed by atoms with Gasteiger partial charge in [-0.1, -0.05) is 24.8 Å². The Balaban J connectivity index is 1.37. The number of ether oxygens (including phenoxy) is 3. The molecule has 2 aromatic carbocycles. The molecule has 1 aliphatic heterocycles. The molecule has 2 aromatic heterocycles. The zero-order chi connectivity index (χ0) is 40.3. The highest BCUT2D eigenvalue weighted by atomic mass is 32.2. The van der Waals surface area contributed by atoms with E-state index < -0.39 is 77.5 Å². The van der Waals surface area contributed by atoms with Gasteiger partial charge in [-0.3, -0.25) is 19.0 Å². The molecule has 1 amide bonds. The minimum Gasteiger partial charge on any atom is -0.497 e. The summed E-state index contributed by atoms with van der Waals surface area (Å²) in [5.41, 5.74) is 4.73. The van der Waals surface area contributed by atoms with Crippen molar-refractivity contribution in [1.82, 2.24) is 19.5 Å². The Hall–Kier alpha value is -3.63. The van der Waals surface area contributed by atoms with E-state index in [4.69, 9.17) is 24.5 Å². The van der Waals surface area contributed by atoms with Gasteiger partial charge in [0.25, 0.3) is 0 Å². The molecule has 20 nitrogen and oxygen atoms in total. The lowest BCUT2D eigenvalue weighted by atomic mass is 10.1. The smallest absolute Gasteiger partial charge is 0.488 e. The van der Waals surface area contributed by atoms with Crippen LogP contribution in [0.15, 0.2) is 60.0 Å². The standard InChI is InChI=1S/C28H32F3N6O14P3S/c1-3-11-55-26-35-23(32)20-24(36-26)37(14-33-20)25-21(38)22(49-27(39)34-16-6-4-5-15(12-16)28(29,30)31)19(48-25)13-47-53(42,43)51-54(44,45)50-52(40,41)18-9-7-17(46-2)8-10-18/h4-10,12,14,19,21-22,25,38H,3,11,13H2,1-2H3,(H,34,39)(H,40,41)(H,42,43)(H,44,45)(H2,32,35,36)/t19-,21?,22?,25-/m1/s1. The summed E-state index contributed by atoms with van der Waals surface area (Å²) in [5, 5.41) is 13.2. The quantitative estimate of drug-likeness (QED) is 0.0542. The number of nitrogens with zero attached hydrogens (tertiary/aromatic N) is 4. The number of fused-ring (bicyclic) bond motifs is 1. The summed E-state index contributed by atoms with van der Waals surface area (Å²) in [6.07, 6.45) is -11.3. The highest BCUT2D eigenvalue weighted by Gasteiger charge is 2.50. The van der Waals surface area contributed by atoms with Gasteiger partial charge in [-0.05, 0) is 48.9 Å². The van der Waals surface area contributed by atoms with Crippen molar-refractivity contribution in [3.8, 4) is 5.75 Å². The number of carbonyl (C=O) groups is 1. The third-order valence-electron chi connectivity index (χ3n) is 7.35. The molecule has 0 spiro atoms. The molecule has 4 aromatic rings. The van der Waals surface area contributed by atoms with Crippen LogP contribution in [-0.4, -0.2) is 83.2 Å². The average Bonchev–Trinajstić information content (AvgIpc) is 3.65. The summed E-state index contributed by atoms with van der Waals surface area (Å²) < 4.78 is 108. The van der Waals surface area contributed by atoms with E-state index in [1.54, 1.807) is 0 Å². The molecule has 0 radical (unpaired) electrons. The molecule has 55 heavy (non-hydrogen) atoms. The number of hydrogen-bond acceptors (Lipinski definition) is 16. The molecule has 1 saturated heterocycles. The first-order valence-electron chi connectivity index (χ1n) is 15.5. The second-order valence-corrected chi connectivity index (χ2v) is 17.4. The number of nitrogens with two attached hydrogens (primary N) is 1. The topological polar surface area (TPSA) is 286 Å². The Labute approximate surface area is 312 Å². The van der Waals surface area contributed by atoms with Crippen LogP contribution in [0.3, 0.4) is 0 Å². The third kappa shape index (κ3) is 10.6. The number of aliphatic hydroxyl groups excluding tert-OH is 1. The number of phosphoric acid groups is 2. The summed E-state index contributed by atoms with van der Waals surface area (Å²) >= 11 is 1.26. The van der Waals surface area contributed by atoms with E-state index in [0.29, 0.717) is 11.8 Å². The molecule has 27 heteroatoms. The Morgan fingerprint density at radius 1 is 1.07 bits per heavy atom. The lowest BCUT2D eigenvalue weighted by molar-refractivity contribution is -0.137. The highest BCUT2D eigenvalue weighted by molar-refractivity contribution is 7.99. The van der Waals surface area contributed by atoms with E-state index >= 15 is 0 Å². The van der Waals surface area contributed by atoms with Crippen molar-refractivity contribution in [3.05, 3.63) is 60.4 Å². The van der Waals surface area contributed by atoms with E-state index in [1.165, 1.54) is 35.6 Å². The highest BCUT2D eigenvalue weighted by Crippen LogP contribution is 2.67. The molecule has 0 bridgehead atoms. The molecule has 0 aliphatic carbocycles. The maximum absolute atomic E-state index is 13.2. The molecule has 3 heterocycles. The van der Waals surface area contributed by atoms with Gasteiger partial charge in [0.15, 0.2) is 29.0 Å². The van der Waals surface area contributed by atoms with Crippen molar-refractivity contribution in [2.24, 2.45) is 0 Å². The number of methoxy groups -OCH3 is 1. The fraction of sp³-hybridized carbons (Fsp3) is 0.357. The average molecular weight is 859 g/mol. The van der Waals surface area contributed by atoms with Crippen LogP contribution in [0.2, 0.25) is 0 Å². The predicted octanol–water partition coefficient (Wildman–Crippen LogP) is 4.58. The molecular weight excluding hydrogens is 826 g/mol. The predicted molar refractivity (Wildman–Crippen MR) is 186 cm³/mol. The SMILES string of the molecule is CCCSc1nc(N)c2ncn([C@@H]3O[C@H](COP(=O)(O)OP(=O)(O)OP(=O)(O)c4ccc(OC)cc4)C(OC(=O)Nc4cccc(C(F)(F)F)c4)C3O)c2n1. The first kappa shape index (κ1) is 42.5. The van der Waals surface area contributed by atoms with Crippen LogP contribution in [0, 0.1) is 0 Å². The van der Waals surface area contributed by atoms with Gasteiger partial charge in [0.05, 0.1) is 30.9 Å². The molecular formula is C28H32F3N6O14P3S. The number of imidazole rings is 1. The fourth-order valence-electron chi connectivity index (χ4n) is 4.93. The van der Waals surface area contributed by atoms with Crippen LogP contribution in [-0.2, 0) is 42.5 Å². The summed E-state index contributed by atoms with van der Waals surface area (Å²) in [7, 11) is -15.5. The Morgan fingerprint density at radius 3 is 2.44 bits per heavy atom. The molecule has 1 fully saturated rings. The van der Waals surface area contributed by atoms with Crippen molar-refractivity contribution in [3.63, 3.8) is 0 Å². The van der Waals surface area contributed by atoms with Crippen molar-refractivity contribution in [2.45, 2.75) is 49.2 Å². The number of benzene rings is 2. The van der Waals surface area contributed by atoms with Crippen LogP contribution in [0.5, 0.6) is 5.75 Å².